The number of methoxy groups -OCH3 is 1. The third-order valence-electron chi connectivity index (χ3n) is 5.04. The number of likely N-dealkylation sites (tertiary alicyclic amines) is 1. The normalized spacial score (nSPS) is 14.5. The van der Waals surface area contributed by atoms with Crippen molar-refractivity contribution in [1.82, 2.24) is 4.90 Å². The van der Waals surface area contributed by atoms with Crippen LogP contribution in [0, 0.1) is 16.0 Å². The second-order valence-electron chi connectivity index (χ2n) is 6.89. The number of hydrogen-bond donors (Lipinski definition) is 0. The molecule has 0 aromatic heterocycles. The van der Waals surface area contributed by atoms with Crippen molar-refractivity contribution in [2.45, 2.75) is 19.3 Å². The molecule has 0 saturated carbocycles. The van der Waals surface area contributed by atoms with Crippen LogP contribution < -0.4 is 9.47 Å². The molecule has 28 heavy (non-hydrogen) atoms. The van der Waals surface area contributed by atoms with Crippen LogP contribution >= 0.6 is 0 Å². The average Bonchev–Trinajstić information content (AvgIpc) is 2.73. The molecule has 1 aliphatic heterocycles. The lowest BCUT2D eigenvalue weighted by molar-refractivity contribution is -0.385. The number of nitro groups is 1. The highest BCUT2D eigenvalue weighted by Crippen LogP contribution is 2.31. The van der Waals surface area contributed by atoms with E-state index in [0.29, 0.717) is 24.8 Å². The Hall–Kier alpha value is -3.09. The quantitative estimate of drug-likeness (QED) is 0.539. The van der Waals surface area contributed by atoms with E-state index in [1.54, 1.807) is 4.90 Å². The van der Waals surface area contributed by atoms with E-state index in [2.05, 4.69) is 12.1 Å². The molecular formula is C21H24N2O5. The van der Waals surface area contributed by atoms with Crippen molar-refractivity contribution in [3.63, 3.8) is 0 Å². The van der Waals surface area contributed by atoms with Gasteiger partial charge in [0, 0.05) is 19.2 Å². The summed E-state index contributed by atoms with van der Waals surface area (Å²) in [5, 5.41) is 10.9. The lowest BCUT2D eigenvalue weighted by Gasteiger charge is -2.32. The van der Waals surface area contributed by atoms with Gasteiger partial charge in [-0.1, -0.05) is 30.3 Å². The fraction of sp³-hybridized carbons (Fsp3) is 0.381. The van der Waals surface area contributed by atoms with Crippen molar-refractivity contribution in [3.8, 4) is 11.5 Å². The second-order valence-corrected chi connectivity index (χ2v) is 6.89. The van der Waals surface area contributed by atoms with Crippen LogP contribution in [0.25, 0.3) is 0 Å². The van der Waals surface area contributed by atoms with Gasteiger partial charge in [0.2, 0.25) is 0 Å². The Bertz CT molecular complexity index is 817. The largest absolute Gasteiger partial charge is 0.493 e. The molecule has 1 fully saturated rings. The van der Waals surface area contributed by atoms with Crippen LogP contribution in [0.5, 0.6) is 11.5 Å². The zero-order valence-electron chi connectivity index (χ0n) is 15.9. The molecule has 1 heterocycles. The van der Waals surface area contributed by atoms with E-state index in [4.69, 9.17) is 9.47 Å². The first kappa shape index (κ1) is 19.7. The van der Waals surface area contributed by atoms with Gasteiger partial charge in [0.15, 0.2) is 18.1 Å². The van der Waals surface area contributed by atoms with Gasteiger partial charge in [0.25, 0.3) is 11.6 Å². The number of amides is 1. The Morgan fingerprint density at radius 1 is 1.14 bits per heavy atom. The molecule has 1 amide bonds. The van der Waals surface area contributed by atoms with Crippen LogP contribution in [0.4, 0.5) is 5.69 Å². The van der Waals surface area contributed by atoms with Gasteiger partial charge >= 0.3 is 0 Å². The topological polar surface area (TPSA) is 81.9 Å². The summed E-state index contributed by atoms with van der Waals surface area (Å²) in [6, 6.07) is 14.5. The Morgan fingerprint density at radius 2 is 1.86 bits per heavy atom. The van der Waals surface area contributed by atoms with Gasteiger partial charge < -0.3 is 14.4 Å². The third-order valence-corrected chi connectivity index (χ3v) is 5.04. The van der Waals surface area contributed by atoms with E-state index in [9.17, 15) is 14.9 Å². The Balaban J connectivity index is 1.51. The molecule has 7 heteroatoms. The molecule has 0 radical (unpaired) electrons. The van der Waals surface area contributed by atoms with Crippen LogP contribution in [0.3, 0.4) is 0 Å². The van der Waals surface area contributed by atoms with Crippen molar-refractivity contribution in [2.75, 3.05) is 26.8 Å². The van der Waals surface area contributed by atoms with E-state index in [1.807, 2.05) is 18.2 Å². The van der Waals surface area contributed by atoms with Gasteiger partial charge in [-0.05, 0) is 36.8 Å². The molecule has 2 aromatic rings. The summed E-state index contributed by atoms with van der Waals surface area (Å²) in [7, 11) is 1.45. The van der Waals surface area contributed by atoms with Crippen LogP contribution in [0.2, 0.25) is 0 Å². The highest BCUT2D eigenvalue weighted by Gasteiger charge is 2.24. The predicted octanol–water partition coefficient (Wildman–Crippen LogP) is 3.46. The average molecular weight is 384 g/mol. The Morgan fingerprint density at radius 3 is 2.50 bits per heavy atom. The molecule has 1 saturated heterocycles. The summed E-state index contributed by atoms with van der Waals surface area (Å²) in [4.78, 5) is 24.7. The molecule has 3 rings (SSSR count). The van der Waals surface area contributed by atoms with Gasteiger partial charge in [-0.25, -0.2) is 0 Å². The summed E-state index contributed by atoms with van der Waals surface area (Å²) in [5.74, 6) is 1.01. The smallest absolute Gasteiger partial charge is 0.273 e. The van der Waals surface area contributed by atoms with Crippen molar-refractivity contribution in [2.24, 2.45) is 5.92 Å². The first-order valence-corrected chi connectivity index (χ1v) is 9.33. The summed E-state index contributed by atoms with van der Waals surface area (Å²) < 4.78 is 10.7. The molecule has 148 valence electrons. The first-order valence-electron chi connectivity index (χ1n) is 9.33. The van der Waals surface area contributed by atoms with E-state index >= 15 is 0 Å². The summed E-state index contributed by atoms with van der Waals surface area (Å²) in [6.45, 7) is 1.23. The number of ether oxygens (including phenoxy) is 2. The minimum Gasteiger partial charge on any atom is -0.493 e. The Kier molecular flexibility index (Phi) is 6.47. The maximum absolute atomic E-state index is 12.5. The number of benzene rings is 2. The van der Waals surface area contributed by atoms with Crippen LogP contribution in [0.1, 0.15) is 18.4 Å². The highest BCUT2D eigenvalue weighted by molar-refractivity contribution is 5.78. The maximum Gasteiger partial charge on any atom is 0.273 e. The molecule has 0 aliphatic carbocycles. The molecule has 0 atom stereocenters. The lowest BCUT2D eigenvalue weighted by Crippen LogP contribution is -2.41. The number of carbonyl (C=O) groups is 1. The minimum absolute atomic E-state index is 0.107. The summed E-state index contributed by atoms with van der Waals surface area (Å²) >= 11 is 0. The SMILES string of the molecule is COc1ccc([N+](=O)[O-])cc1OCC(=O)N1CCC(Cc2ccccc2)CC1. The van der Waals surface area contributed by atoms with Crippen LogP contribution in [-0.2, 0) is 11.2 Å². The van der Waals surface area contributed by atoms with E-state index in [0.717, 1.165) is 19.3 Å². The fourth-order valence-corrected chi connectivity index (χ4v) is 3.46. The Labute approximate surface area is 164 Å². The van der Waals surface area contributed by atoms with Gasteiger partial charge in [-0.15, -0.1) is 0 Å². The number of hydrogen-bond acceptors (Lipinski definition) is 5. The molecule has 7 nitrogen and oxygen atoms in total. The first-order chi connectivity index (χ1) is 13.6. The standard InChI is InChI=1S/C21H24N2O5/c1-27-19-8-7-18(23(25)26)14-20(19)28-15-21(24)22-11-9-17(10-12-22)13-16-5-3-2-4-6-16/h2-8,14,17H,9-13,15H2,1H3. The zero-order valence-corrected chi connectivity index (χ0v) is 15.9. The number of carbonyl (C=O) groups excluding carboxylic acids is 1. The molecular weight excluding hydrogens is 360 g/mol. The van der Waals surface area contributed by atoms with Crippen molar-refractivity contribution >= 4 is 11.6 Å². The third kappa shape index (κ3) is 5.00. The lowest BCUT2D eigenvalue weighted by atomic mass is 9.90. The molecule has 1 aliphatic rings. The van der Waals surface area contributed by atoms with Crippen LogP contribution in [-0.4, -0.2) is 42.5 Å². The minimum atomic E-state index is -0.508. The number of rotatable bonds is 7. The maximum atomic E-state index is 12.5. The summed E-state index contributed by atoms with van der Waals surface area (Å²) in [5.41, 5.74) is 1.22. The second kappa shape index (κ2) is 9.21. The van der Waals surface area contributed by atoms with E-state index < -0.39 is 4.92 Å². The predicted molar refractivity (Wildman–Crippen MR) is 105 cm³/mol. The van der Waals surface area contributed by atoms with Gasteiger partial charge in [-0.3, -0.25) is 14.9 Å². The highest BCUT2D eigenvalue weighted by atomic mass is 16.6. The number of nitro benzene ring substituents is 1. The van der Waals surface area contributed by atoms with E-state index in [-0.39, 0.29) is 24.0 Å². The number of nitrogens with zero attached hydrogens (tertiary/aromatic N) is 2. The molecule has 0 spiro atoms. The van der Waals surface area contributed by atoms with Gasteiger partial charge in [0.1, 0.15) is 0 Å². The van der Waals surface area contributed by atoms with Crippen LogP contribution in [0.15, 0.2) is 48.5 Å². The van der Waals surface area contributed by atoms with Gasteiger partial charge in [0.05, 0.1) is 18.1 Å². The van der Waals surface area contributed by atoms with Crippen molar-refractivity contribution in [3.05, 3.63) is 64.2 Å². The molecule has 2 aromatic carbocycles. The fourth-order valence-electron chi connectivity index (χ4n) is 3.46. The number of non-ortho nitro benzene ring substituents is 1. The van der Waals surface area contributed by atoms with Crippen molar-refractivity contribution < 1.29 is 19.2 Å². The molecule has 0 N–H and O–H groups in total. The molecule has 0 unspecified atom stereocenters. The van der Waals surface area contributed by atoms with E-state index in [1.165, 1.54) is 30.9 Å². The molecule has 0 bridgehead atoms. The zero-order chi connectivity index (χ0) is 19.9. The van der Waals surface area contributed by atoms with Gasteiger partial charge in [-0.2, -0.15) is 0 Å². The number of piperidine rings is 1. The van der Waals surface area contributed by atoms with Crippen molar-refractivity contribution in [1.29, 1.82) is 0 Å². The monoisotopic (exact) mass is 384 g/mol. The summed E-state index contributed by atoms with van der Waals surface area (Å²) in [6.07, 6.45) is 2.95.